The highest BCUT2D eigenvalue weighted by atomic mass is 19.4. The SMILES string of the molecule is CNC(=O)C1CN(C(=O)c2ccoc2C)CC12CCN(c1ccc(C#N)c(C(F)(F)F)c1)CC2. The second kappa shape index (κ2) is 8.70. The molecule has 1 atom stereocenters. The number of halogens is 3. The van der Waals surface area contributed by atoms with Gasteiger partial charge in [-0.25, -0.2) is 0 Å². The lowest BCUT2D eigenvalue weighted by Gasteiger charge is -2.43. The number of hydrogen-bond donors (Lipinski definition) is 1. The number of furan rings is 1. The lowest BCUT2D eigenvalue weighted by Crippen LogP contribution is -2.48. The van der Waals surface area contributed by atoms with Crippen molar-refractivity contribution in [2.75, 3.05) is 38.1 Å². The standard InChI is InChI=1S/C24H25F3N4O3/c1-15-18(5-10-34-15)22(33)31-13-20(21(32)29-2)23(14-31)6-8-30(9-7-23)17-4-3-16(12-28)19(11-17)24(25,26)27/h3-5,10-11,20H,6-9,13-14H2,1-2H3,(H,29,32). The molecule has 10 heteroatoms. The Bertz CT molecular complexity index is 1140. The van der Waals surface area contributed by atoms with Crippen molar-refractivity contribution in [2.24, 2.45) is 11.3 Å². The van der Waals surface area contributed by atoms with Gasteiger partial charge in [0.1, 0.15) is 5.76 Å². The maximum atomic E-state index is 13.4. The normalized spacial score (nSPS) is 19.8. The van der Waals surface area contributed by atoms with Crippen LogP contribution in [0.3, 0.4) is 0 Å². The average molecular weight is 474 g/mol. The van der Waals surface area contributed by atoms with E-state index in [1.807, 2.05) is 4.90 Å². The van der Waals surface area contributed by atoms with Gasteiger partial charge in [0.05, 0.1) is 34.9 Å². The summed E-state index contributed by atoms with van der Waals surface area (Å²) in [6.07, 6.45) is -2.09. The molecule has 34 heavy (non-hydrogen) atoms. The van der Waals surface area contributed by atoms with Crippen molar-refractivity contribution >= 4 is 17.5 Å². The maximum Gasteiger partial charge on any atom is 0.417 e. The maximum absolute atomic E-state index is 13.4. The van der Waals surface area contributed by atoms with Crippen molar-refractivity contribution in [3.05, 3.63) is 53.0 Å². The molecule has 1 spiro atoms. The van der Waals surface area contributed by atoms with Crippen LogP contribution in [-0.2, 0) is 11.0 Å². The summed E-state index contributed by atoms with van der Waals surface area (Å²) < 4.78 is 45.5. The summed E-state index contributed by atoms with van der Waals surface area (Å²) in [7, 11) is 1.56. The van der Waals surface area contributed by atoms with E-state index in [0.717, 1.165) is 6.07 Å². The number of anilines is 1. The number of alkyl halides is 3. The Labute approximate surface area is 195 Å². The first kappa shape index (κ1) is 23.7. The van der Waals surface area contributed by atoms with Crippen molar-refractivity contribution in [1.29, 1.82) is 5.26 Å². The minimum atomic E-state index is -4.63. The first-order valence-corrected chi connectivity index (χ1v) is 11.0. The molecular weight excluding hydrogens is 449 g/mol. The molecule has 2 fully saturated rings. The number of benzene rings is 1. The quantitative estimate of drug-likeness (QED) is 0.735. The number of piperidine rings is 1. The number of hydrogen-bond acceptors (Lipinski definition) is 5. The molecule has 3 heterocycles. The zero-order chi connectivity index (χ0) is 24.7. The van der Waals surface area contributed by atoms with Crippen LogP contribution in [-0.4, -0.2) is 49.9 Å². The van der Waals surface area contributed by atoms with E-state index >= 15 is 0 Å². The molecule has 1 aromatic heterocycles. The van der Waals surface area contributed by atoms with Gasteiger partial charge >= 0.3 is 6.18 Å². The Kier molecular flexibility index (Phi) is 6.06. The summed E-state index contributed by atoms with van der Waals surface area (Å²) in [5.74, 6) is -0.243. The van der Waals surface area contributed by atoms with Gasteiger partial charge in [-0.1, -0.05) is 0 Å². The van der Waals surface area contributed by atoms with Crippen LogP contribution in [0.15, 0.2) is 34.9 Å². The topological polar surface area (TPSA) is 89.6 Å². The molecule has 1 unspecified atom stereocenters. The van der Waals surface area contributed by atoms with E-state index in [0.29, 0.717) is 49.5 Å². The third-order valence-electron chi connectivity index (χ3n) is 7.14. The Balaban J connectivity index is 1.56. The second-order valence-corrected chi connectivity index (χ2v) is 8.93. The average Bonchev–Trinajstić information content (AvgIpc) is 3.41. The van der Waals surface area contributed by atoms with Crippen molar-refractivity contribution in [3.8, 4) is 6.07 Å². The molecule has 2 amide bonds. The van der Waals surface area contributed by atoms with Gasteiger partial charge in [-0.3, -0.25) is 9.59 Å². The summed E-state index contributed by atoms with van der Waals surface area (Å²) in [5, 5.41) is 11.7. The molecular formula is C24H25F3N4O3. The summed E-state index contributed by atoms with van der Waals surface area (Å²) in [6, 6.07) is 6.94. The highest BCUT2D eigenvalue weighted by molar-refractivity contribution is 5.96. The largest absolute Gasteiger partial charge is 0.469 e. The van der Waals surface area contributed by atoms with E-state index in [9.17, 15) is 22.8 Å². The molecule has 2 aliphatic heterocycles. The monoisotopic (exact) mass is 474 g/mol. The molecule has 1 aromatic carbocycles. The van der Waals surface area contributed by atoms with Crippen molar-refractivity contribution in [3.63, 3.8) is 0 Å². The van der Waals surface area contributed by atoms with Crippen molar-refractivity contribution < 1.29 is 27.2 Å². The molecule has 4 rings (SSSR count). The Morgan fingerprint density at radius 1 is 1.24 bits per heavy atom. The number of nitriles is 1. The summed E-state index contributed by atoms with van der Waals surface area (Å²) in [4.78, 5) is 29.3. The van der Waals surface area contributed by atoms with Gasteiger partial charge in [0.25, 0.3) is 5.91 Å². The van der Waals surface area contributed by atoms with Gasteiger partial charge < -0.3 is 19.5 Å². The molecule has 2 aromatic rings. The summed E-state index contributed by atoms with van der Waals surface area (Å²) in [6.45, 7) is 3.25. The van der Waals surface area contributed by atoms with Crippen molar-refractivity contribution in [2.45, 2.75) is 25.9 Å². The molecule has 2 aliphatic rings. The number of carbonyl (C=O) groups is 2. The zero-order valence-corrected chi connectivity index (χ0v) is 18.9. The van der Waals surface area contributed by atoms with Gasteiger partial charge in [0.2, 0.25) is 5.91 Å². The van der Waals surface area contributed by atoms with Crippen LogP contribution in [0.4, 0.5) is 18.9 Å². The third kappa shape index (κ3) is 4.11. The highest BCUT2D eigenvalue weighted by Gasteiger charge is 2.52. The van der Waals surface area contributed by atoms with Crippen LogP contribution in [0.25, 0.3) is 0 Å². The van der Waals surface area contributed by atoms with Gasteiger partial charge in [-0.15, -0.1) is 0 Å². The number of nitrogens with one attached hydrogen (secondary N) is 1. The fraction of sp³-hybridized carbons (Fsp3) is 0.458. The Morgan fingerprint density at radius 3 is 2.50 bits per heavy atom. The minimum absolute atomic E-state index is 0.148. The van der Waals surface area contributed by atoms with E-state index in [1.54, 1.807) is 31.0 Å². The number of nitrogens with zero attached hydrogens (tertiary/aromatic N) is 3. The number of amides is 2. The molecule has 1 N–H and O–H groups in total. The molecule has 0 saturated carbocycles. The van der Waals surface area contributed by atoms with Crippen molar-refractivity contribution in [1.82, 2.24) is 10.2 Å². The van der Waals surface area contributed by atoms with E-state index in [4.69, 9.17) is 9.68 Å². The van der Waals surface area contributed by atoms with E-state index in [-0.39, 0.29) is 18.4 Å². The fourth-order valence-corrected chi connectivity index (χ4v) is 5.21. The predicted molar refractivity (Wildman–Crippen MR) is 117 cm³/mol. The molecule has 0 bridgehead atoms. The lowest BCUT2D eigenvalue weighted by atomic mass is 9.70. The second-order valence-electron chi connectivity index (χ2n) is 8.93. The van der Waals surface area contributed by atoms with Gasteiger partial charge in [-0.2, -0.15) is 18.4 Å². The van der Waals surface area contributed by atoms with Gasteiger partial charge in [0, 0.05) is 44.3 Å². The molecule has 2 saturated heterocycles. The van der Waals surface area contributed by atoms with Crippen LogP contribution in [0.2, 0.25) is 0 Å². The molecule has 7 nitrogen and oxygen atoms in total. The first-order chi connectivity index (χ1) is 16.1. The molecule has 0 radical (unpaired) electrons. The van der Waals surface area contributed by atoms with Crippen LogP contribution in [0.5, 0.6) is 0 Å². The van der Waals surface area contributed by atoms with E-state index < -0.39 is 28.6 Å². The number of carbonyl (C=O) groups excluding carboxylic acids is 2. The third-order valence-corrected chi connectivity index (χ3v) is 7.14. The summed E-state index contributed by atoms with van der Waals surface area (Å²) >= 11 is 0. The number of aryl methyl sites for hydroxylation is 1. The lowest BCUT2D eigenvalue weighted by molar-refractivity contribution is -0.137. The van der Waals surface area contributed by atoms with Gasteiger partial charge in [0.15, 0.2) is 0 Å². The zero-order valence-electron chi connectivity index (χ0n) is 18.9. The summed E-state index contributed by atoms with van der Waals surface area (Å²) in [5.41, 5.74) is -0.989. The smallest absolute Gasteiger partial charge is 0.417 e. The predicted octanol–water partition coefficient (Wildman–Crippen LogP) is 3.58. The number of likely N-dealkylation sites (tertiary alicyclic amines) is 1. The fourth-order valence-electron chi connectivity index (χ4n) is 5.21. The molecule has 180 valence electrons. The minimum Gasteiger partial charge on any atom is -0.469 e. The number of rotatable bonds is 3. The van der Waals surface area contributed by atoms with Crippen LogP contribution >= 0.6 is 0 Å². The van der Waals surface area contributed by atoms with Crippen LogP contribution < -0.4 is 10.2 Å². The van der Waals surface area contributed by atoms with E-state index in [2.05, 4.69) is 5.32 Å². The highest BCUT2D eigenvalue weighted by Crippen LogP contribution is 2.46. The van der Waals surface area contributed by atoms with Crippen LogP contribution in [0.1, 0.15) is 40.1 Å². The molecule has 0 aliphatic carbocycles. The Hall–Kier alpha value is -3.48. The van der Waals surface area contributed by atoms with Gasteiger partial charge in [-0.05, 0) is 44.0 Å². The Morgan fingerprint density at radius 2 is 1.94 bits per heavy atom. The first-order valence-electron chi connectivity index (χ1n) is 11.0. The van der Waals surface area contributed by atoms with E-state index in [1.165, 1.54) is 18.4 Å². The van der Waals surface area contributed by atoms with Crippen LogP contribution in [0, 0.1) is 29.6 Å².